The van der Waals surface area contributed by atoms with Crippen molar-refractivity contribution in [3.63, 3.8) is 0 Å². The molecule has 0 saturated carbocycles. The number of benzene rings is 1. The Balaban J connectivity index is 2.95. The van der Waals surface area contributed by atoms with E-state index in [0.29, 0.717) is 24.5 Å². The Morgan fingerprint density at radius 3 is 2.75 bits per heavy atom. The van der Waals surface area contributed by atoms with Gasteiger partial charge in [0.2, 0.25) is 0 Å². The molecule has 0 fully saturated rings. The van der Waals surface area contributed by atoms with Crippen molar-refractivity contribution in [1.82, 2.24) is 0 Å². The summed E-state index contributed by atoms with van der Waals surface area (Å²) < 4.78 is 26.9. The number of aryl methyl sites for hydroxylation is 1. The molecule has 0 spiro atoms. The zero-order chi connectivity index (χ0) is 15.0. The Labute approximate surface area is 119 Å². The molecule has 6 nitrogen and oxygen atoms in total. The Kier molecular flexibility index (Phi) is 6.86. The Hall–Kier alpha value is -1.76. The van der Waals surface area contributed by atoms with Gasteiger partial charge >= 0.3 is 5.97 Å². The third-order valence-electron chi connectivity index (χ3n) is 2.55. The van der Waals surface area contributed by atoms with Crippen LogP contribution in [0.5, 0.6) is 5.75 Å². The lowest BCUT2D eigenvalue weighted by Gasteiger charge is -2.15. The SMILES string of the molecule is CCCOc1c(CCC(=O)O)cccc1NC[SH](=O)=O. The number of ether oxygens (including phenoxy) is 1. The van der Waals surface area contributed by atoms with Crippen molar-refractivity contribution in [2.75, 3.05) is 17.8 Å². The smallest absolute Gasteiger partial charge is 0.303 e. The van der Waals surface area contributed by atoms with Gasteiger partial charge in [-0.15, -0.1) is 0 Å². The second kappa shape index (κ2) is 8.42. The predicted octanol–water partition coefficient (Wildman–Crippen LogP) is 1.47. The highest BCUT2D eigenvalue weighted by molar-refractivity contribution is 7.72. The van der Waals surface area contributed by atoms with Crippen LogP contribution in [-0.2, 0) is 21.9 Å². The summed E-state index contributed by atoms with van der Waals surface area (Å²) in [6.07, 6.45) is 1.15. The Morgan fingerprint density at radius 1 is 1.40 bits per heavy atom. The van der Waals surface area contributed by atoms with Gasteiger partial charge in [-0.3, -0.25) is 4.79 Å². The van der Waals surface area contributed by atoms with E-state index in [0.717, 1.165) is 12.0 Å². The molecule has 112 valence electrons. The molecular weight excluding hydrogens is 282 g/mol. The molecule has 0 amide bonds. The van der Waals surface area contributed by atoms with Crippen molar-refractivity contribution >= 4 is 22.4 Å². The summed E-state index contributed by atoms with van der Waals surface area (Å²) in [4.78, 5) is 10.7. The lowest BCUT2D eigenvalue weighted by Crippen LogP contribution is -2.08. The summed E-state index contributed by atoms with van der Waals surface area (Å²) in [6.45, 7) is 2.45. The van der Waals surface area contributed by atoms with E-state index in [4.69, 9.17) is 9.84 Å². The highest BCUT2D eigenvalue weighted by Crippen LogP contribution is 2.30. The molecule has 0 aliphatic carbocycles. The van der Waals surface area contributed by atoms with Crippen LogP contribution in [0.3, 0.4) is 0 Å². The standard InChI is InChI=1S/C13H19NO5S/c1-2-8-19-13-10(6-7-12(15)16)4-3-5-11(13)14-9-20(17)18/h3-5,14,20H,2,6-9H2,1H3,(H,15,16). The maximum Gasteiger partial charge on any atom is 0.303 e. The molecule has 0 radical (unpaired) electrons. The molecule has 1 rings (SSSR count). The molecule has 0 atom stereocenters. The topological polar surface area (TPSA) is 92.7 Å². The normalized spacial score (nSPS) is 10.5. The highest BCUT2D eigenvalue weighted by Gasteiger charge is 2.11. The van der Waals surface area contributed by atoms with Crippen LogP contribution in [0.2, 0.25) is 0 Å². The number of anilines is 1. The number of nitrogens with one attached hydrogen (secondary N) is 1. The number of carboxylic acids is 1. The van der Waals surface area contributed by atoms with E-state index in [2.05, 4.69) is 5.32 Å². The van der Waals surface area contributed by atoms with Gasteiger partial charge in [0.15, 0.2) is 10.7 Å². The molecule has 0 saturated heterocycles. The van der Waals surface area contributed by atoms with E-state index >= 15 is 0 Å². The molecule has 7 heteroatoms. The minimum absolute atomic E-state index is 0.00174. The fourth-order valence-corrected chi connectivity index (χ4v) is 1.99. The quantitative estimate of drug-likeness (QED) is 0.598. The van der Waals surface area contributed by atoms with Gasteiger partial charge in [-0.25, -0.2) is 8.42 Å². The Morgan fingerprint density at radius 2 is 2.15 bits per heavy atom. The largest absolute Gasteiger partial charge is 0.491 e. The third-order valence-corrected chi connectivity index (χ3v) is 2.97. The van der Waals surface area contributed by atoms with E-state index in [9.17, 15) is 13.2 Å². The second-order valence-corrected chi connectivity index (χ2v) is 5.19. The van der Waals surface area contributed by atoms with E-state index in [1.807, 2.05) is 6.92 Å². The summed E-state index contributed by atoms with van der Waals surface area (Å²) in [7, 11) is -2.54. The van der Waals surface area contributed by atoms with Crippen molar-refractivity contribution in [2.24, 2.45) is 0 Å². The maximum absolute atomic E-state index is 10.7. The molecule has 0 aliphatic rings. The van der Waals surface area contributed by atoms with Crippen LogP contribution in [0.15, 0.2) is 18.2 Å². The predicted molar refractivity (Wildman–Crippen MR) is 77.0 cm³/mol. The van der Waals surface area contributed by atoms with Crippen LogP contribution in [0, 0.1) is 0 Å². The number of hydrogen-bond acceptors (Lipinski definition) is 5. The molecular formula is C13H19NO5S. The molecule has 0 aliphatic heterocycles. The number of thiol groups is 1. The molecule has 0 aromatic heterocycles. The van der Waals surface area contributed by atoms with Gasteiger partial charge in [0, 0.05) is 6.42 Å². The molecule has 0 bridgehead atoms. The van der Waals surface area contributed by atoms with Gasteiger partial charge in [-0.2, -0.15) is 0 Å². The summed E-state index contributed by atoms with van der Waals surface area (Å²) in [5.74, 6) is -0.528. The van der Waals surface area contributed by atoms with Gasteiger partial charge in [0.1, 0.15) is 11.6 Å². The Bertz CT molecular complexity index is 519. The highest BCUT2D eigenvalue weighted by atomic mass is 32.2. The molecule has 0 unspecified atom stereocenters. The minimum Gasteiger partial charge on any atom is -0.491 e. The number of hydrogen-bond donors (Lipinski definition) is 3. The fourth-order valence-electron chi connectivity index (χ4n) is 1.69. The van der Waals surface area contributed by atoms with E-state index in [1.165, 1.54) is 0 Å². The first-order valence-corrected chi connectivity index (χ1v) is 7.73. The van der Waals surface area contributed by atoms with Crippen molar-refractivity contribution in [3.05, 3.63) is 23.8 Å². The van der Waals surface area contributed by atoms with E-state index < -0.39 is 16.7 Å². The van der Waals surface area contributed by atoms with Crippen molar-refractivity contribution in [3.8, 4) is 5.75 Å². The van der Waals surface area contributed by atoms with Crippen LogP contribution in [0.4, 0.5) is 5.69 Å². The molecule has 2 N–H and O–H groups in total. The van der Waals surface area contributed by atoms with Crippen LogP contribution in [-0.4, -0.2) is 32.0 Å². The number of aliphatic carboxylic acids is 1. The number of para-hydroxylation sites is 1. The molecule has 1 aromatic carbocycles. The lowest BCUT2D eigenvalue weighted by atomic mass is 10.1. The molecule has 0 heterocycles. The van der Waals surface area contributed by atoms with Crippen LogP contribution >= 0.6 is 0 Å². The first-order valence-electron chi connectivity index (χ1n) is 6.36. The first kappa shape index (κ1) is 16.3. The fraction of sp³-hybridized carbons (Fsp3) is 0.462. The average Bonchev–Trinajstić information content (AvgIpc) is 2.41. The minimum atomic E-state index is -2.54. The average molecular weight is 301 g/mol. The lowest BCUT2D eigenvalue weighted by molar-refractivity contribution is -0.136. The zero-order valence-corrected chi connectivity index (χ0v) is 12.2. The van der Waals surface area contributed by atoms with Crippen LogP contribution in [0.1, 0.15) is 25.3 Å². The summed E-state index contributed by atoms with van der Waals surface area (Å²) >= 11 is 0. The van der Waals surface area contributed by atoms with Gasteiger partial charge in [0.25, 0.3) is 0 Å². The van der Waals surface area contributed by atoms with E-state index in [-0.39, 0.29) is 12.3 Å². The number of rotatable bonds is 9. The van der Waals surface area contributed by atoms with Gasteiger partial charge in [-0.1, -0.05) is 19.1 Å². The molecule has 1 aromatic rings. The van der Waals surface area contributed by atoms with Crippen molar-refractivity contribution in [2.45, 2.75) is 26.2 Å². The second-order valence-electron chi connectivity index (χ2n) is 4.20. The molecule has 20 heavy (non-hydrogen) atoms. The third kappa shape index (κ3) is 5.48. The number of carboxylic acid groups (broad SMARTS) is 1. The first-order chi connectivity index (χ1) is 9.54. The van der Waals surface area contributed by atoms with E-state index in [1.54, 1.807) is 18.2 Å². The summed E-state index contributed by atoms with van der Waals surface area (Å²) in [6, 6.07) is 5.25. The maximum atomic E-state index is 10.7. The van der Waals surface area contributed by atoms with Gasteiger partial charge < -0.3 is 15.2 Å². The monoisotopic (exact) mass is 301 g/mol. The zero-order valence-electron chi connectivity index (χ0n) is 11.3. The van der Waals surface area contributed by atoms with Crippen molar-refractivity contribution < 1.29 is 23.1 Å². The summed E-state index contributed by atoms with van der Waals surface area (Å²) in [5.41, 5.74) is 1.33. The van der Waals surface area contributed by atoms with Crippen LogP contribution < -0.4 is 10.1 Å². The summed E-state index contributed by atoms with van der Waals surface area (Å²) in [5, 5.41) is 11.5. The van der Waals surface area contributed by atoms with Crippen LogP contribution in [0.25, 0.3) is 0 Å². The van der Waals surface area contributed by atoms with Gasteiger partial charge in [-0.05, 0) is 24.5 Å². The van der Waals surface area contributed by atoms with Gasteiger partial charge in [0.05, 0.1) is 12.3 Å². The number of carbonyl (C=O) groups is 1. The van der Waals surface area contributed by atoms with Crippen molar-refractivity contribution in [1.29, 1.82) is 0 Å².